The van der Waals surface area contributed by atoms with E-state index in [1.54, 1.807) is 17.7 Å². The summed E-state index contributed by atoms with van der Waals surface area (Å²) in [7, 11) is 0. The van der Waals surface area contributed by atoms with Crippen molar-refractivity contribution in [2.24, 2.45) is 5.92 Å². The van der Waals surface area contributed by atoms with Crippen LogP contribution in [0, 0.1) is 19.8 Å². The summed E-state index contributed by atoms with van der Waals surface area (Å²) in [6, 6.07) is 8.89. The van der Waals surface area contributed by atoms with Crippen molar-refractivity contribution in [2.45, 2.75) is 58.9 Å². The molecule has 158 valence electrons. The quantitative estimate of drug-likeness (QED) is 0.553. The first-order valence-electron chi connectivity index (χ1n) is 10.9. The molecule has 2 N–H and O–H groups in total. The number of carbonyl (C=O) groups is 1. The highest BCUT2D eigenvalue weighted by Crippen LogP contribution is 2.40. The van der Waals surface area contributed by atoms with Crippen LogP contribution in [0.5, 0.6) is 0 Å². The number of aryl methyl sites for hydroxylation is 2. The van der Waals surface area contributed by atoms with Crippen molar-refractivity contribution < 1.29 is 4.79 Å². The number of hydrogen-bond acceptors (Lipinski definition) is 5. The van der Waals surface area contributed by atoms with E-state index >= 15 is 0 Å². The second kappa shape index (κ2) is 9.13. The van der Waals surface area contributed by atoms with Gasteiger partial charge < -0.3 is 10.6 Å². The first-order chi connectivity index (χ1) is 14.5. The summed E-state index contributed by atoms with van der Waals surface area (Å²) in [4.78, 5) is 23.6. The van der Waals surface area contributed by atoms with Gasteiger partial charge in [-0.3, -0.25) is 4.79 Å². The largest absolute Gasteiger partial charge is 0.369 e. The summed E-state index contributed by atoms with van der Waals surface area (Å²) >= 11 is 1.68. The number of hydrogen-bond donors (Lipinski definition) is 2. The average molecular weight is 423 g/mol. The highest BCUT2D eigenvalue weighted by molar-refractivity contribution is 7.19. The van der Waals surface area contributed by atoms with Crippen molar-refractivity contribution in [3.05, 3.63) is 41.0 Å². The smallest absolute Gasteiger partial charge is 0.221 e. The Kier molecular flexibility index (Phi) is 6.32. The zero-order valence-corrected chi connectivity index (χ0v) is 18.8. The van der Waals surface area contributed by atoms with Crippen LogP contribution >= 0.6 is 11.3 Å². The molecular weight excluding hydrogens is 392 g/mol. The fourth-order valence-electron chi connectivity index (χ4n) is 4.35. The lowest BCUT2D eigenvalue weighted by Gasteiger charge is -2.29. The minimum Gasteiger partial charge on any atom is -0.369 e. The van der Waals surface area contributed by atoms with Gasteiger partial charge in [0.05, 0.1) is 5.39 Å². The molecule has 2 aromatic heterocycles. The maximum atomic E-state index is 12.5. The number of benzene rings is 1. The molecule has 0 aliphatic heterocycles. The molecule has 3 aromatic rings. The molecule has 0 radical (unpaired) electrons. The molecule has 1 aromatic carbocycles. The Morgan fingerprint density at radius 2 is 1.90 bits per heavy atom. The summed E-state index contributed by atoms with van der Waals surface area (Å²) in [5.74, 6) is 1.49. The number of thiophene rings is 1. The monoisotopic (exact) mass is 422 g/mol. The lowest BCUT2D eigenvalue weighted by Crippen LogP contribution is -2.41. The third-order valence-electron chi connectivity index (χ3n) is 6.11. The number of rotatable bonds is 6. The number of anilines is 1. The number of nitrogens with one attached hydrogen (secondary N) is 2. The van der Waals surface area contributed by atoms with E-state index in [0.717, 1.165) is 22.5 Å². The van der Waals surface area contributed by atoms with E-state index in [9.17, 15) is 4.79 Å². The van der Waals surface area contributed by atoms with E-state index in [0.29, 0.717) is 24.9 Å². The zero-order valence-electron chi connectivity index (χ0n) is 18.0. The van der Waals surface area contributed by atoms with Gasteiger partial charge in [-0.05, 0) is 38.2 Å². The van der Waals surface area contributed by atoms with Crippen LogP contribution < -0.4 is 10.6 Å². The summed E-state index contributed by atoms with van der Waals surface area (Å²) in [6.45, 7) is 7.02. The highest BCUT2D eigenvalue weighted by Gasteiger charge is 2.22. The summed E-state index contributed by atoms with van der Waals surface area (Å²) in [5.41, 5.74) is 3.59. The van der Waals surface area contributed by atoms with E-state index in [4.69, 9.17) is 0 Å². The van der Waals surface area contributed by atoms with Gasteiger partial charge in [0.1, 0.15) is 17.0 Å². The minimum absolute atomic E-state index is 0.117. The van der Waals surface area contributed by atoms with E-state index < -0.39 is 0 Å². The van der Waals surface area contributed by atoms with Crippen LogP contribution in [-0.2, 0) is 4.79 Å². The Balaban J connectivity index is 1.48. The predicted octanol–water partition coefficient (Wildman–Crippen LogP) is 5.47. The first-order valence-corrected chi connectivity index (χ1v) is 11.7. The number of fused-ring (bicyclic) bond motifs is 1. The molecule has 1 aliphatic rings. The normalized spacial score (nSPS) is 19.0. The van der Waals surface area contributed by atoms with Crippen LogP contribution in [0.3, 0.4) is 0 Å². The molecule has 5 nitrogen and oxygen atoms in total. The summed E-state index contributed by atoms with van der Waals surface area (Å²) in [6.07, 6.45) is 6.84. The molecule has 1 saturated carbocycles. The Morgan fingerprint density at radius 3 is 2.67 bits per heavy atom. The van der Waals surface area contributed by atoms with Crippen molar-refractivity contribution in [1.82, 2.24) is 15.3 Å². The Bertz CT molecular complexity index is 1030. The molecular formula is C24H30N4OS. The highest BCUT2D eigenvalue weighted by atomic mass is 32.1. The van der Waals surface area contributed by atoms with Gasteiger partial charge in [0.2, 0.25) is 5.91 Å². The van der Waals surface area contributed by atoms with Gasteiger partial charge in [-0.25, -0.2) is 9.97 Å². The van der Waals surface area contributed by atoms with Crippen molar-refractivity contribution in [2.75, 3.05) is 11.9 Å². The molecule has 30 heavy (non-hydrogen) atoms. The SMILES string of the molecule is Cc1ccc(-c2c(C)sc3ncnc(NCCC(=O)NC4CCCCC4C)c23)cc1. The predicted molar refractivity (Wildman–Crippen MR) is 125 cm³/mol. The lowest BCUT2D eigenvalue weighted by atomic mass is 9.86. The van der Waals surface area contributed by atoms with E-state index in [2.05, 4.69) is 65.6 Å². The average Bonchev–Trinajstić information content (AvgIpc) is 3.07. The van der Waals surface area contributed by atoms with Gasteiger partial charge in [-0.1, -0.05) is 49.6 Å². The maximum Gasteiger partial charge on any atom is 0.221 e. The molecule has 0 saturated heterocycles. The molecule has 0 bridgehead atoms. The van der Waals surface area contributed by atoms with Crippen molar-refractivity contribution in [1.29, 1.82) is 0 Å². The van der Waals surface area contributed by atoms with Crippen LogP contribution in [0.4, 0.5) is 5.82 Å². The van der Waals surface area contributed by atoms with Crippen molar-refractivity contribution in [3.8, 4) is 11.1 Å². The third-order valence-corrected chi connectivity index (χ3v) is 7.12. The fourth-order valence-corrected chi connectivity index (χ4v) is 5.36. The van der Waals surface area contributed by atoms with E-state index in [-0.39, 0.29) is 5.91 Å². The Labute approximate surface area is 182 Å². The molecule has 0 spiro atoms. The molecule has 1 aliphatic carbocycles. The van der Waals surface area contributed by atoms with Gasteiger partial charge in [0, 0.05) is 29.4 Å². The van der Waals surface area contributed by atoms with Gasteiger partial charge >= 0.3 is 0 Å². The third kappa shape index (κ3) is 4.48. The number of carbonyl (C=O) groups excluding carboxylic acids is 1. The van der Waals surface area contributed by atoms with Crippen LogP contribution in [0.1, 0.15) is 49.5 Å². The lowest BCUT2D eigenvalue weighted by molar-refractivity contribution is -0.122. The fraction of sp³-hybridized carbons (Fsp3) is 0.458. The molecule has 2 atom stereocenters. The standard InChI is InChI=1S/C24H30N4OS/c1-15-8-10-18(11-9-15)21-17(3)30-24-22(21)23(26-14-27-24)25-13-12-20(29)28-19-7-5-4-6-16(19)2/h8-11,14,16,19H,4-7,12-13H2,1-3H3,(H,28,29)(H,25,26,27). The molecule has 1 fully saturated rings. The number of amides is 1. The van der Waals surface area contributed by atoms with Gasteiger partial charge in [0.15, 0.2) is 0 Å². The number of nitrogens with zero attached hydrogens (tertiary/aromatic N) is 2. The van der Waals surface area contributed by atoms with Crippen LogP contribution in [0.25, 0.3) is 21.3 Å². The van der Waals surface area contributed by atoms with Crippen molar-refractivity contribution >= 4 is 33.3 Å². The molecule has 4 rings (SSSR count). The van der Waals surface area contributed by atoms with Gasteiger partial charge in [-0.15, -0.1) is 11.3 Å². The van der Waals surface area contributed by atoms with Crippen LogP contribution in [0.2, 0.25) is 0 Å². The van der Waals surface area contributed by atoms with Crippen molar-refractivity contribution in [3.63, 3.8) is 0 Å². The second-order valence-electron chi connectivity index (χ2n) is 8.41. The number of aromatic nitrogens is 2. The minimum atomic E-state index is 0.117. The summed E-state index contributed by atoms with van der Waals surface area (Å²) in [5, 5.41) is 7.67. The van der Waals surface area contributed by atoms with Crippen LogP contribution in [-0.4, -0.2) is 28.5 Å². The maximum absolute atomic E-state index is 12.5. The van der Waals surface area contributed by atoms with E-state index in [1.807, 2.05) is 0 Å². The summed E-state index contributed by atoms with van der Waals surface area (Å²) < 4.78 is 0. The zero-order chi connectivity index (χ0) is 21.1. The first kappa shape index (κ1) is 20.8. The second-order valence-corrected chi connectivity index (χ2v) is 9.62. The molecule has 1 amide bonds. The Morgan fingerprint density at radius 1 is 1.13 bits per heavy atom. The topological polar surface area (TPSA) is 66.9 Å². The Hall–Kier alpha value is -2.47. The van der Waals surface area contributed by atoms with Crippen LogP contribution in [0.15, 0.2) is 30.6 Å². The van der Waals surface area contributed by atoms with Gasteiger partial charge in [-0.2, -0.15) is 0 Å². The molecule has 2 unspecified atom stereocenters. The van der Waals surface area contributed by atoms with E-state index in [1.165, 1.54) is 40.8 Å². The molecule has 2 heterocycles. The van der Waals surface area contributed by atoms with Gasteiger partial charge in [0.25, 0.3) is 0 Å². The molecule has 6 heteroatoms.